The van der Waals surface area contributed by atoms with Crippen LogP contribution in [0.5, 0.6) is 5.75 Å². The van der Waals surface area contributed by atoms with Gasteiger partial charge in [-0.25, -0.2) is 19.0 Å². The van der Waals surface area contributed by atoms with E-state index >= 15 is 0 Å². The van der Waals surface area contributed by atoms with Gasteiger partial charge in [0.1, 0.15) is 17.1 Å². The first kappa shape index (κ1) is 18.3. The fraction of sp³-hybridized carbons (Fsp3) is 0.368. The van der Waals surface area contributed by atoms with Crippen molar-refractivity contribution in [2.24, 2.45) is 0 Å². The third-order valence-electron chi connectivity index (χ3n) is 4.67. The number of hydrogen-bond acceptors (Lipinski definition) is 6. The number of carbonyl (C=O) groups excluding carboxylic acids is 1. The van der Waals surface area contributed by atoms with Gasteiger partial charge in [0.2, 0.25) is 0 Å². The molecule has 0 saturated carbocycles. The van der Waals surface area contributed by atoms with E-state index < -0.39 is 0 Å². The molecule has 0 bridgehead atoms. The van der Waals surface area contributed by atoms with Crippen molar-refractivity contribution in [2.45, 2.75) is 18.9 Å². The number of benzene rings is 1. The van der Waals surface area contributed by atoms with Gasteiger partial charge in [0.15, 0.2) is 12.3 Å². The molecule has 3 aromatic rings. The number of amides is 1. The van der Waals surface area contributed by atoms with Crippen molar-refractivity contribution in [3.05, 3.63) is 48.2 Å². The summed E-state index contributed by atoms with van der Waals surface area (Å²) in [7, 11) is 0. The number of halogens is 1. The first-order valence-corrected chi connectivity index (χ1v) is 9.24. The highest BCUT2D eigenvalue weighted by Crippen LogP contribution is 2.26. The molecule has 0 aliphatic carbocycles. The number of carbonyl (C=O) groups is 1. The Morgan fingerprint density at radius 3 is 2.89 bits per heavy atom. The van der Waals surface area contributed by atoms with Crippen LogP contribution in [0.3, 0.4) is 0 Å². The molecule has 2 aromatic heterocycles. The molecule has 0 spiro atoms. The molecule has 1 aliphatic heterocycles. The van der Waals surface area contributed by atoms with E-state index in [2.05, 4.69) is 20.6 Å². The lowest BCUT2D eigenvalue weighted by molar-refractivity contribution is -0.123. The van der Waals surface area contributed by atoms with Gasteiger partial charge in [-0.2, -0.15) is 5.10 Å². The molecule has 1 aliphatic rings. The number of hydrogen-bond donors (Lipinski definition) is 2. The Balaban J connectivity index is 1.34. The van der Waals surface area contributed by atoms with E-state index in [-0.39, 0.29) is 18.3 Å². The van der Waals surface area contributed by atoms with Gasteiger partial charge in [0, 0.05) is 31.4 Å². The number of fused-ring (bicyclic) bond motifs is 1. The number of nitrogens with zero attached hydrogens (tertiary/aromatic N) is 4. The molecular formula is C19H21FN6O2. The second-order valence-electron chi connectivity index (χ2n) is 6.62. The summed E-state index contributed by atoms with van der Waals surface area (Å²) in [4.78, 5) is 20.8. The van der Waals surface area contributed by atoms with Crippen LogP contribution in [0.1, 0.15) is 18.0 Å². The second-order valence-corrected chi connectivity index (χ2v) is 6.62. The molecule has 1 unspecified atom stereocenters. The number of aromatic nitrogens is 4. The molecule has 9 heteroatoms. The van der Waals surface area contributed by atoms with Gasteiger partial charge < -0.3 is 15.4 Å². The van der Waals surface area contributed by atoms with Crippen LogP contribution < -0.4 is 15.4 Å². The van der Waals surface area contributed by atoms with Crippen molar-refractivity contribution in [1.29, 1.82) is 0 Å². The van der Waals surface area contributed by atoms with Crippen LogP contribution in [0.2, 0.25) is 0 Å². The molecule has 1 fully saturated rings. The van der Waals surface area contributed by atoms with E-state index in [1.807, 2.05) is 0 Å². The SMILES string of the molecule is O=C(COc1ccc(F)cc1)NCCn1nc(C2CCNC2)c2nccnc21. The van der Waals surface area contributed by atoms with Crippen molar-refractivity contribution in [3.63, 3.8) is 0 Å². The number of nitrogens with one attached hydrogen (secondary N) is 2. The van der Waals surface area contributed by atoms with Gasteiger partial charge in [-0.1, -0.05) is 0 Å². The Bertz CT molecular complexity index is 953. The normalized spacial score (nSPS) is 16.4. The van der Waals surface area contributed by atoms with Gasteiger partial charge in [-0.3, -0.25) is 4.79 Å². The summed E-state index contributed by atoms with van der Waals surface area (Å²) in [5.41, 5.74) is 2.50. The summed E-state index contributed by atoms with van der Waals surface area (Å²) >= 11 is 0. The van der Waals surface area contributed by atoms with Crippen molar-refractivity contribution in [2.75, 3.05) is 26.2 Å². The average Bonchev–Trinajstić information content (AvgIpc) is 3.36. The Hall–Kier alpha value is -3.07. The average molecular weight is 384 g/mol. The minimum atomic E-state index is -0.348. The van der Waals surface area contributed by atoms with Crippen molar-refractivity contribution < 1.29 is 13.9 Å². The van der Waals surface area contributed by atoms with Crippen LogP contribution in [-0.2, 0) is 11.3 Å². The lowest BCUT2D eigenvalue weighted by atomic mass is 10.0. The third-order valence-corrected chi connectivity index (χ3v) is 4.67. The summed E-state index contributed by atoms with van der Waals surface area (Å²) in [5.74, 6) is 0.171. The highest BCUT2D eigenvalue weighted by molar-refractivity contribution is 5.77. The molecule has 1 atom stereocenters. The zero-order chi connectivity index (χ0) is 19.3. The van der Waals surface area contributed by atoms with Crippen molar-refractivity contribution in [1.82, 2.24) is 30.4 Å². The lowest BCUT2D eigenvalue weighted by Crippen LogP contribution is -2.31. The first-order chi connectivity index (χ1) is 13.7. The van der Waals surface area contributed by atoms with Crippen LogP contribution in [-0.4, -0.2) is 51.9 Å². The predicted octanol–water partition coefficient (Wildman–Crippen LogP) is 1.24. The zero-order valence-electron chi connectivity index (χ0n) is 15.3. The van der Waals surface area contributed by atoms with E-state index in [9.17, 15) is 9.18 Å². The Kier molecular flexibility index (Phi) is 5.43. The smallest absolute Gasteiger partial charge is 0.258 e. The topological polar surface area (TPSA) is 94.0 Å². The molecule has 2 N–H and O–H groups in total. The Morgan fingerprint density at radius 1 is 1.29 bits per heavy atom. The lowest BCUT2D eigenvalue weighted by Gasteiger charge is -2.08. The van der Waals surface area contributed by atoms with E-state index in [1.165, 1.54) is 24.3 Å². The van der Waals surface area contributed by atoms with E-state index in [0.29, 0.717) is 24.8 Å². The molecule has 1 aromatic carbocycles. The van der Waals surface area contributed by atoms with Crippen molar-refractivity contribution >= 4 is 17.1 Å². The van der Waals surface area contributed by atoms with E-state index in [4.69, 9.17) is 9.84 Å². The zero-order valence-corrected chi connectivity index (χ0v) is 15.3. The predicted molar refractivity (Wildman–Crippen MR) is 100 cm³/mol. The second kappa shape index (κ2) is 8.30. The fourth-order valence-electron chi connectivity index (χ4n) is 3.28. The van der Waals surface area contributed by atoms with E-state index in [0.717, 1.165) is 36.4 Å². The molecule has 3 heterocycles. The van der Waals surface area contributed by atoms with Crippen LogP contribution in [0.15, 0.2) is 36.7 Å². The van der Waals surface area contributed by atoms with E-state index in [1.54, 1.807) is 17.1 Å². The van der Waals surface area contributed by atoms with Crippen LogP contribution in [0.4, 0.5) is 4.39 Å². The summed E-state index contributed by atoms with van der Waals surface area (Å²) in [6, 6.07) is 5.54. The number of ether oxygens (including phenoxy) is 1. The molecule has 28 heavy (non-hydrogen) atoms. The molecule has 146 valence electrons. The Morgan fingerprint density at radius 2 is 2.11 bits per heavy atom. The monoisotopic (exact) mass is 384 g/mol. The van der Waals surface area contributed by atoms with Gasteiger partial charge in [0.05, 0.1) is 12.2 Å². The summed E-state index contributed by atoms with van der Waals surface area (Å²) in [5, 5.41) is 10.8. The minimum Gasteiger partial charge on any atom is -0.484 e. The molecule has 1 amide bonds. The van der Waals surface area contributed by atoms with Crippen LogP contribution in [0.25, 0.3) is 11.2 Å². The summed E-state index contributed by atoms with van der Waals surface area (Å²) in [6.45, 7) is 2.60. The summed E-state index contributed by atoms with van der Waals surface area (Å²) < 4.78 is 20.0. The summed E-state index contributed by atoms with van der Waals surface area (Å²) in [6.07, 6.45) is 4.35. The van der Waals surface area contributed by atoms with Gasteiger partial charge >= 0.3 is 0 Å². The van der Waals surface area contributed by atoms with Gasteiger partial charge in [-0.15, -0.1) is 0 Å². The highest BCUT2D eigenvalue weighted by Gasteiger charge is 2.24. The molecule has 1 saturated heterocycles. The Labute approximate surface area is 161 Å². The molecule has 0 radical (unpaired) electrons. The van der Waals surface area contributed by atoms with Crippen LogP contribution >= 0.6 is 0 Å². The highest BCUT2D eigenvalue weighted by atomic mass is 19.1. The molecular weight excluding hydrogens is 363 g/mol. The third kappa shape index (κ3) is 4.09. The van der Waals surface area contributed by atoms with Gasteiger partial charge in [-0.05, 0) is 37.2 Å². The van der Waals surface area contributed by atoms with Crippen LogP contribution in [0, 0.1) is 5.82 Å². The standard InChI is InChI=1S/C19H21FN6O2/c20-14-1-3-15(4-2-14)28-12-16(27)22-9-10-26-19-18(23-7-8-24-19)17(25-26)13-5-6-21-11-13/h1-4,7-8,13,21H,5-6,9-12H2,(H,22,27). The largest absolute Gasteiger partial charge is 0.484 e. The first-order valence-electron chi connectivity index (χ1n) is 9.24. The molecule has 8 nitrogen and oxygen atoms in total. The maximum Gasteiger partial charge on any atom is 0.258 e. The maximum atomic E-state index is 12.9. The van der Waals surface area contributed by atoms with Crippen molar-refractivity contribution in [3.8, 4) is 5.75 Å². The number of rotatable bonds is 7. The molecule has 4 rings (SSSR count). The van der Waals surface area contributed by atoms with Gasteiger partial charge in [0.25, 0.3) is 5.91 Å². The minimum absolute atomic E-state index is 0.135. The quantitative estimate of drug-likeness (QED) is 0.637. The maximum absolute atomic E-state index is 12.9. The fourth-order valence-corrected chi connectivity index (χ4v) is 3.28.